The van der Waals surface area contributed by atoms with Crippen LogP contribution in [0.2, 0.25) is 0 Å². The van der Waals surface area contributed by atoms with E-state index < -0.39 is 10.0 Å². The lowest BCUT2D eigenvalue weighted by Crippen LogP contribution is -2.42. The monoisotopic (exact) mass is 496 g/mol. The van der Waals surface area contributed by atoms with Gasteiger partial charge in [0, 0.05) is 13.1 Å². The Labute approximate surface area is 207 Å². The van der Waals surface area contributed by atoms with Crippen LogP contribution in [0.15, 0.2) is 77.7 Å². The number of carbonyl (C=O) groups is 1. The molecular weight excluding hydrogens is 464 g/mol. The molecule has 0 saturated heterocycles. The molecule has 3 aromatic rings. The van der Waals surface area contributed by atoms with Gasteiger partial charge in [0.2, 0.25) is 15.9 Å². The Morgan fingerprint density at radius 3 is 2.20 bits per heavy atom. The molecule has 186 valence electrons. The molecule has 8 heteroatoms. The van der Waals surface area contributed by atoms with Gasteiger partial charge in [-0.1, -0.05) is 42.5 Å². The van der Waals surface area contributed by atoms with Gasteiger partial charge in [-0.15, -0.1) is 0 Å². The second-order valence-electron chi connectivity index (χ2n) is 8.15. The molecule has 0 aliphatic carbocycles. The van der Waals surface area contributed by atoms with Crippen molar-refractivity contribution in [2.45, 2.75) is 24.7 Å². The number of rotatable bonds is 12. The number of methoxy groups -OCH3 is 2. The van der Waals surface area contributed by atoms with Crippen molar-refractivity contribution in [1.82, 2.24) is 9.62 Å². The summed E-state index contributed by atoms with van der Waals surface area (Å²) in [4.78, 5) is 12.9. The minimum Gasteiger partial charge on any atom is -0.497 e. The summed E-state index contributed by atoms with van der Waals surface area (Å²) in [5, 5.41) is 2.85. The molecule has 35 heavy (non-hydrogen) atoms. The van der Waals surface area contributed by atoms with Gasteiger partial charge in [-0.05, 0) is 66.8 Å². The molecule has 0 unspecified atom stereocenters. The van der Waals surface area contributed by atoms with Gasteiger partial charge in [0.05, 0.1) is 25.7 Å². The maximum atomic E-state index is 13.5. The standard InChI is InChI=1S/C27H32N2O5S/c1-21-19-25(13-14-26(21)34-3)35(31,32)29(18-16-22-7-5-4-6-8-22)20-27(30)28-17-15-23-9-11-24(33-2)12-10-23/h4-14,19H,15-18,20H2,1-3H3,(H,28,30). The molecule has 0 atom stereocenters. The fourth-order valence-corrected chi connectivity index (χ4v) is 5.18. The van der Waals surface area contributed by atoms with Crippen LogP contribution in [-0.2, 0) is 27.7 Å². The van der Waals surface area contributed by atoms with Crippen LogP contribution in [0.3, 0.4) is 0 Å². The van der Waals surface area contributed by atoms with Crippen molar-refractivity contribution >= 4 is 15.9 Å². The maximum absolute atomic E-state index is 13.5. The lowest BCUT2D eigenvalue weighted by Gasteiger charge is -2.22. The van der Waals surface area contributed by atoms with E-state index in [4.69, 9.17) is 9.47 Å². The highest BCUT2D eigenvalue weighted by molar-refractivity contribution is 7.89. The lowest BCUT2D eigenvalue weighted by molar-refractivity contribution is -0.121. The number of nitrogens with zero attached hydrogens (tertiary/aromatic N) is 1. The molecule has 0 radical (unpaired) electrons. The van der Waals surface area contributed by atoms with Gasteiger partial charge in [-0.3, -0.25) is 4.79 Å². The SMILES string of the molecule is COc1ccc(CCNC(=O)CN(CCc2ccccc2)S(=O)(=O)c2ccc(OC)c(C)c2)cc1. The third kappa shape index (κ3) is 7.31. The number of benzene rings is 3. The summed E-state index contributed by atoms with van der Waals surface area (Å²) in [6.07, 6.45) is 1.12. The van der Waals surface area contributed by atoms with Crippen LogP contribution in [0.1, 0.15) is 16.7 Å². The van der Waals surface area contributed by atoms with E-state index in [1.54, 1.807) is 33.3 Å². The molecule has 0 spiro atoms. The van der Waals surface area contributed by atoms with Gasteiger partial charge >= 0.3 is 0 Å². The van der Waals surface area contributed by atoms with E-state index in [9.17, 15) is 13.2 Å². The average Bonchev–Trinajstić information content (AvgIpc) is 2.87. The van der Waals surface area contributed by atoms with Crippen LogP contribution in [0.4, 0.5) is 0 Å². The molecule has 0 saturated carbocycles. The largest absolute Gasteiger partial charge is 0.497 e. The Balaban J connectivity index is 1.70. The smallest absolute Gasteiger partial charge is 0.243 e. The van der Waals surface area contributed by atoms with Crippen molar-refractivity contribution in [2.75, 3.05) is 33.9 Å². The molecule has 3 aromatic carbocycles. The van der Waals surface area contributed by atoms with Crippen molar-refractivity contribution in [3.63, 3.8) is 0 Å². The van der Waals surface area contributed by atoms with Gasteiger partial charge in [-0.25, -0.2) is 8.42 Å². The van der Waals surface area contributed by atoms with Crippen LogP contribution >= 0.6 is 0 Å². The summed E-state index contributed by atoms with van der Waals surface area (Å²) < 4.78 is 38.6. The summed E-state index contributed by atoms with van der Waals surface area (Å²) in [7, 11) is -0.744. The normalized spacial score (nSPS) is 11.3. The third-order valence-electron chi connectivity index (χ3n) is 5.71. The first-order chi connectivity index (χ1) is 16.8. The van der Waals surface area contributed by atoms with Gasteiger partial charge in [0.15, 0.2) is 0 Å². The molecule has 0 fully saturated rings. The average molecular weight is 497 g/mol. The Kier molecular flexibility index (Phi) is 9.28. The van der Waals surface area contributed by atoms with Crippen LogP contribution in [0, 0.1) is 6.92 Å². The Hall–Kier alpha value is -3.36. The number of nitrogens with one attached hydrogen (secondary N) is 1. The molecule has 0 aliphatic heterocycles. The predicted octanol–water partition coefficient (Wildman–Crippen LogP) is 3.60. The summed E-state index contributed by atoms with van der Waals surface area (Å²) in [5.74, 6) is 1.03. The first kappa shape index (κ1) is 26.2. The van der Waals surface area contributed by atoms with Gasteiger partial charge in [-0.2, -0.15) is 4.31 Å². The molecule has 1 amide bonds. The second kappa shape index (κ2) is 12.4. The minimum absolute atomic E-state index is 0.134. The molecule has 0 bridgehead atoms. The Morgan fingerprint density at radius 1 is 0.886 bits per heavy atom. The first-order valence-electron chi connectivity index (χ1n) is 11.4. The molecule has 1 N–H and O–H groups in total. The van der Waals surface area contributed by atoms with E-state index in [2.05, 4.69) is 5.32 Å². The fourth-order valence-electron chi connectivity index (χ4n) is 3.70. The molecule has 7 nitrogen and oxygen atoms in total. The zero-order valence-electron chi connectivity index (χ0n) is 20.4. The molecular formula is C27H32N2O5S. The maximum Gasteiger partial charge on any atom is 0.243 e. The highest BCUT2D eigenvalue weighted by atomic mass is 32.2. The summed E-state index contributed by atoms with van der Waals surface area (Å²) in [6, 6.07) is 21.9. The van der Waals surface area contributed by atoms with Crippen LogP contribution in [0.25, 0.3) is 0 Å². The second-order valence-corrected chi connectivity index (χ2v) is 10.1. The predicted molar refractivity (Wildman–Crippen MR) is 136 cm³/mol. The quantitative estimate of drug-likeness (QED) is 0.414. The van der Waals surface area contributed by atoms with E-state index in [1.807, 2.05) is 54.6 Å². The van der Waals surface area contributed by atoms with Crippen LogP contribution < -0.4 is 14.8 Å². The highest BCUT2D eigenvalue weighted by Gasteiger charge is 2.27. The Morgan fingerprint density at radius 2 is 1.57 bits per heavy atom. The zero-order valence-corrected chi connectivity index (χ0v) is 21.2. The minimum atomic E-state index is -3.90. The zero-order chi connectivity index (χ0) is 25.3. The van der Waals surface area contributed by atoms with Crippen molar-refractivity contribution in [2.24, 2.45) is 0 Å². The van der Waals surface area contributed by atoms with Crippen molar-refractivity contribution in [1.29, 1.82) is 0 Å². The number of amides is 1. The molecule has 3 rings (SSSR count). The van der Waals surface area contributed by atoms with Gasteiger partial charge < -0.3 is 14.8 Å². The summed E-state index contributed by atoms with van der Waals surface area (Å²) >= 11 is 0. The van der Waals surface area contributed by atoms with Crippen molar-refractivity contribution in [3.8, 4) is 11.5 Å². The summed E-state index contributed by atoms with van der Waals surface area (Å²) in [5.41, 5.74) is 2.76. The van der Waals surface area contributed by atoms with E-state index >= 15 is 0 Å². The Bertz CT molecular complexity index is 1210. The molecule has 0 heterocycles. The lowest BCUT2D eigenvalue weighted by atomic mass is 10.1. The van der Waals surface area contributed by atoms with Gasteiger partial charge in [0.1, 0.15) is 11.5 Å². The van der Waals surface area contributed by atoms with E-state index in [-0.39, 0.29) is 23.9 Å². The number of aryl methyl sites for hydroxylation is 1. The number of sulfonamides is 1. The van der Waals surface area contributed by atoms with E-state index in [0.717, 1.165) is 16.9 Å². The fraction of sp³-hybridized carbons (Fsp3) is 0.296. The molecule has 0 aromatic heterocycles. The number of ether oxygens (including phenoxy) is 2. The van der Waals surface area contributed by atoms with E-state index in [0.29, 0.717) is 30.7 Å². The first-order valence-corrected chi connectivity index (χ1v) is 12.9. The van der Waals surface area contributed by atoms with Crippen molar-refractivity contribution in [3.05, 3.63) is 89.5 Å². The van der Waals surface area contributed by atoms with Crippen LogP contribution in [0.5, 0.6) is 11.5 Å². The van der Waals surface area contributed by atoms with E-state index in [1.165, 1.54) is 10.4 Å². The highest BCUT2D eigenvalue weighted by Crippen LogP contribution is 2.24. The number of hydrogen-bond donors (Lipinski definition) is 1. The van der Waals surface area contributed by atoms with Gasteiger partial charge in [0.25, 0.3) is 0 Å². The summed E-state index contributed by atoms with van der Waals surface area (Å²) in [6.45, 7) is 2.11. The number of hydrogen-bond acceptors (Lipinski definition) is 5. The topological polar surface area (TPSA) is 84.9 Å². The third-order valence-corrected chi connectivity index (χ3v) is 7.55. The molecule has 0 aliphatic rings. The number of carbonyl (C=O) groups excluding carboxylic acids is 1. The van der Waals surface area contributed by atoms with Crippen molar-refractivity contribution < 1.29 is 22.7 Å². The van der Waals surface area contributed by atoms with Crippen LogP contribution in [-0.4, -0.2) is 52.5 Å².